The van der Waals surface area contributed by atoms with E-state index in [4.69, 9.17) is 10.2 Å². The minimum Gasteiger partial charge on any atom is -0.446 e. The molecule has 106 valence electrons. The van der Waals surface area contributed by atoms with Crippen molar-refractivity contribution in [1.29, 1.82) is 0 Å². The monoisotopic (exact) mass is 337 g/mol. The second-order valence-corrected chi connectivity index (χ2v) is 5.41. The molecule has 1 aromatic carbocycles. The molecule has 0 saturated heterocycles. The first kappa shape index (κ1) is 14.7. The molecule has 20 heavy (non-hydrogen) atoms. The molecule has 1 unspecified atom stereocenters. The fraction of sp³-hybridized carbons (Fsp3) is 0.286. The lowest BCUT2D eigenvalue weighted by Crippen LogP contribution is -2.26. The Bertz CT molecular complexity index is 578. The van der Waals surface area contributed by atoms with Crippen molar-refractivity contribution in [2.75, 3.05) is 6.54 Å². The van der Waals surface area contributed by atoms with Crippen molar-refractivity contribution >= 4 is 21.8 Å². The number of hydrogen-bond acceptors (Lipinski definition) is 4. The summed E-state index contributed by atoms with van der Waals surface area (Å²) in [7, 11) is 0. The fourth-order valence-electron chi connectivity index (χ4n) is 1.66. The number of benzene rings is 1. The van der Waals surface area contributed by atoms with E-state index in [-0.39, 0.29) is 17.6 Å². The van der Waals surface area contributed by atoms with Crippen molar-refractivity contribution in [3.8, 4) is 0 Å². The summed E-state index contributed by atoms with van der Waals surface area (Å²) < 4.78 is 6.16. The number of amides is 1. The molecule has 1 aromatic heterocycles. The van der Waals surface area contributed by atoms with Gasteiger partial charge in [-0.15, -0.1) is 0 Å². The number of nitrogens with one attached hydrogen (secondary N) is 1. The average Bonchev–Trinajstić information content (AvgIpc) is 2.91. The quantitative estimate of drug-likeness (QED) is 0.877. The van der Waals surface area contributed by atoms with Gasteiger partial charge in [0.25, 0.3) is 5.91 Å². The Morgan fingerprint density at radius 2 is 2.15 bits per heavy atom. The second-order valence-electron chi connectivity index (χ2n) is 4.49. The van der Waals surface area contributed by atoms with Crippen LogP contribution in [-0.4, -0.2) is 17.4 Å². The number of aromatic nitrogens is 1. The number of nitrogens with two attached hydrogens (primary N) is 1. The van der Waals surface area contributed by atoms with E-state index in [1.165, 1.54) is 6.26 Å². The van der Waals surface area contributed by atoms with Gasteiger partial charge in [0.05, 0.1) is 6.04 Å². The first-order valence-corrected chi connectivity index (χ1v) is 7.09. The summed E-state index contributed by atoms with van der Waals surface area (Å²) >= 11 is 3.38. The van der Waals surface area contributed by atoms with Crippen LogP contribution in [0, 0.1) is 0 Å². The lowest BCUT2D eigenvalue weighted by atomic mass is 10.1. The maximum absolute atomic E-state index is 11.8. The Labute approximate surface area is 125 Å². The summed E-state index contributed by atoms with van der Waals surface area (Å²) in [6.07, 6.45) is 2.09. The second kappa shape index (κ2) is 6.67. The molecule has 0 spiro atoms. The third-order valence-corrected chi connectivity index (χ3v) is 3.29. The van der Waals surface area contributed by atoms with Crippen LogP contribution < -0.4 is 11.1 Å². The van der Waals surface area contributed by atoms with Gasteiger partial charge < -0.3 is 15.5 Å². The molecule has 2 rings (SSSR count). The first-order chi connectivity index (χ1) is 9.56. The van der Waals surface area contributed by atoms with Gasteiger partial charge >= 0.3 is 0 Å². The molecule has 1 amide bonds. The number of carbonyl (C=O) groups is 1. The van der Waals surface area contributed by atoms with Crippen LogP contribution >= 0.6 is 15.9 Å². The molecule has 0 bridgehead atoms. The van der Waals surface area contributed by atoms with E-state index >= 15 is 0 Å². The molecule has 2 aromatic rings. The van der Waals surface area contributed by atoms with Gasteiger partial charge in [-0.2, -0.15) is 0 Å². The minimum atomic E-state index is -0.320. The maximum atomic E-state index is 11.8. The molecule has 0 radical (unpaired) electrons. The van der Waals surface area contributed by atoms with Crippen molar-refractivity contribution in [3.05, 3.63) is 52.1 Å². The summed E-state index contributed by atoms with van der Waals surface area (Å²) in [6.45, 7) is 2.29. The lowest BCUT2D eigenvalue weighted by Gasteiger charge is -2.03. The molecule has 1 atom stereocenters. The van der Waals surface area contributed by atoms with Gasteiger partial charge in [0.15, 0.2) is 5.69 Å². The zero-order valence-corrected chi connectivity index (χ0v) is 12.7. The van der Waals surface area contributed by atoms with Crippen LogP contribution in [0.5, 0.6) is 0 Å². The van der Waals surface area contributed by atoms with Crippen molar-refractivity contribution in [3.63, 3.8) is 0 Å². The van der Waals surface area contributed by atoms with E-state index in [2.05, 4.69) is 26.2 Å². The molecule has 3 N–H and O–H groups in total. The van der Waals surface area contributed by atoms with Crippen LogP contribution in [0.2, 0.25) is 0 Å². The highest BCUT2D eigenvalue weighted by molar-refractivity contribution is 9.10. The van der Waals surface area contributed by atoms with Crippen LogP contribution in [-0.2, 0) is 6.42 Å². The van der Waals surface area contributed by atoms with Gasteiger partial charge in [0, 0.05) is 11.0 Å². The number of oxazole rings is 1. The number of rotatable bonds is 5. The van der Waals surface area contributed by atoms with Gasteiger partial charge in [-0.3, -0.25) is 4.79 Å². The Kier molecular flexibility index (Phi) is 4.92. The highest BCUT2D eigenvalue weighted by Gasteiger charge is 2.13. The molecule has 0 aliphatic carbocycles. The number of hydrogen-bond donors (Lipinski definition) is 2. The maximum Gasteiger partial charge on any atom is 0.273 e. The van der Waals surface area contributed by atoms with Crippen molar-refractivity contribution in [2.45, 2.75) is 19.4 Å². The van der Waals surface area contributed by atoms with E-state index in [0.717, 1.165) is 16.5 Å². The highest BCUT2D eigenvalue weighted by atomic mass is 79.9. The van der Waals surface area contributed by atoms with Gasteiger partial charge in [0.2, 0.25) is 5.89 Å². The van der Waals surface area contributed by atoms with Crippen LogP contribution in [0.25, 0.3) is 0 Å². The van der Waals surface area contributed by atoms with E-state index < -0.39 is 0 Å². The van der Waals surface area contributed by atoms with Gasteiger partial charge in [0.1, 0.15) is 6.26 Å². The molecule has 0 aliphatic heterocycles. The Morgan fingerprint density at radius 3 is 2.75 bits per heavy atom. The smallest absolute Gasteiger partial charge is 0.273 e. The normalized spacial score (nSPS) is 12.2. The summed E-state index contributed by atoms with van der Waals surface area (Å²) in [5.41, 5.74) is 7.04. The summed E-state index contributed by atoms with van der Waals surface area (Å²) in [5, 5.41) is 2.80. The Balaban J connectivity index is 1.84. The fourth-order valence-corrected chi connectivity index (χ4v) is 1.93. The number of nitrogens with zero attached hydrogens (tertiary/aromatic N) is 1. The Morgan fingerprint density at radius 1 is 1.45 bits per heavy atom. The third-order valence-electron chi connectivity index (χ3n) is 2.76. The molecule has 6 heteroatoms. The highest BCUT2D eigenvalue weighted by Crippen LogP contribution is 2.11. The van der Waals surface area contributed by atoms with Crippen LogP contribution in [0.4, 0.5) is 0 Å². The minimum absolute atomic E-state index is 0.252. The molecule has 0 aliphatic rings. The van der Waals surface area contributed by atoms with Gasteiger partial charge in [-0.1, -0.05) is 28.1 Å². The van der Waals surface area contributed by atoms with Crippen molar-refractivity contribution < 1.29 is 9.21 Å². The van der Waals surface area contributed by atoms with Crippen LogP contribution in [0.15, 0.2) is 39.4 Å². The largest absolute Gasteiger partial charge is 0.446 e. The van der Waals surface area contributed by atoms with Crippen molar-refractivity contribution in [1.82, 2.24) is 10.3 Å². The number of halogens is 1. The third kappa shape index (κ3) is 3.91. The van der Waals surface area contributed by atoms with Gasteiger partial charge in [-0.05, 0) is 31.0 Å². The first-order valence-electron chi connectivity index (χ1n) is 6.30. The Hall–Kier alpha value is -1.66. The van der Waals surface area contributed by atoms with Crippen LogP contribution in [0.3, 0.4) is 0 Å². The topological polar surface area (TPSA) is 81.1 Å². The van der Waals surface area contributed by atoms with E-state index in [0.29, 0.717) is 12.4 Å². The molecule has 1 heterocycles. The molecular weight excluding hydrogens is 322 g/mol. The predicted molar refractivity (Wildman–Crippen MR) is 79.3 cm³/mol. The van der Waals surface area contributed by atoms with E-state index in [9.17, 15) is 4.79 Å². The molecular formula is C14H16BrN3O2. The standard InChI is InChI=1S/C14H16BrN3O2/c1-9(16)14-18-12(8-20-14)13(19)17-7-6-10-2-4-11(15)5-3-10/h2-5,8-9H,6-7,16H2,1H3,(H,17,19). The van der Waals surface area contributed by atoms with Crippen molar-refractivity contribution in [2.24, 2.45) is 5.73 Å². The molecule has 0 fully saturated rings. The summed E-state index contributed by atoms with van der Waals surface area (Å²) in [6, 6.07) is 7.66. The summed E-state index contributed by atoms with van der Waals surface area (Å²) in [4.78, 5) is 15.9. The average molecular weight is 338 g/mol. The SMILES string of the molecule is CC(N)c1nc(C(=O)NCCc2ccc(Br)cc2)co1. The zero-order chi connectivity index (χ0) is 14.5. The van der Waals surface area contributed by atoms with Crippen LogP contribution in [0.1, 0.15) is 34.9 Å². The molecule has 0 saturated carbocycles. The lowest BCUT2D eigenvalue weighted by molar-refractivity contribution is 0.0949. The molecule has 5 nitrogen and oxygen atoms in total. The van der Waals surface area contributed by atoms with E-state index in [1.807, 2.05) is 24.3 Å². The summed E-state index contributed by atoms with van der Waals surface area (Å²) in [5.74, 6) is 0.112. The zero-order valence-electron chi connectivity index (χ0n) is 11.1. The predicted octanol–water partition coefficient (Wildman–Crippen LogP) is 2.43. The van der Waals surface area contributed by atoms with E-state index in [1.54, 1.807) is 6.92 Å². The van der Waals surface area contributed by atoms with Gasteiger partial charge in [-0.25, -0.2) is 4.98 Å². The number of carbonyl (C=O) groups excluding carboxylic acids is 1.